The Balaban J connectivity index is 0.000000212. The van der Waals surface area contributed by atoms with Gasteiger partial charge >= 0.3 is 0 Å². The van der Waals surface area contributed by atoms with Gasteiger partial charge in [0.15, 0.2) is 11.6 Å². The van der Waals surface area contributed by atoms with Gasteiger partial charge in [-0.3, -0.25) is 0 Å². The summed E-state index contributed by atoms with van der Waals surface area (Å²) in [6, 6.07) is 0. The standard InChI is InChI=1S/C30H52O3.C29H48O2.4CH4/c1-19-11-14-28(4)22(17-19)7-8-23-24-9-10-26-27(29(24,5)15-13-25(23)28)21(3)30(31,33-26)16-12-20(2)18-32-6;1-18-10-13-27(4)21(16-18)6-7-22-23-8-9-25-26(28(23,5)14-12-24(22)27)20(3)29(31-25)15-11-19(2)17-30-29;;;;/h19-27,31H,7-18H2,1-6H3;18-26H,6-17H2,1-5H3;4*1H4/t19-,20-,21-,22+,23?,24?,25?,26?,27?,28-,29-,30+;18-,19-,20-,21+,22?,23?,24?,25?,26?,27-,28-,29+;;;;/m00..../s1. The van der Waals surface area contributed by atoms with E-state index in [1.165, 1.54) is 116 Å². The maximum absolute atomic E-state index is 11.7. The monoisotopic (exact) mass is 953 g/mol. The summed E-state index contributed by atoms with van der Waals surface area (Å²) in [5.41, 5.74) is 2.01. The molecule has 0 amide bonds. The molecule has 398 valence electrons. The van der Waals surface area contributed by atoms with Crippen molar-refractivity contribution in [3.05, 3.63) is 0 Å². The first-order valence-corrected chi connectivity index (χ1v) is 28.6. The Labute approximate surface area is 423 Å². The molecule has 5 nitrogen and oxygen atoms in total. The van der Waals surface area contributed by atoms with Crippen molar-refractivity contribution in [2.75, 3.05) is 20.3 Å². The van der Waals surface area contributed by atoms with Gasteiger partial charge in [0.1, 0.15) is 0 Å². The predicted molar refractivity (Wildman–Crippen MR) is 286 cm³/mol. The minimum Gasteiger partial charge on any atom is -0.384 e. The molecule has 0 aromatic heterocycles. The fraction of sp³-hybridized carbons (Fsp3) is 1.00. The molecule has 0 bridgehead atoms. The Bertz CT molecular complexity index is 1640. The normalized spacial score (nSPS) is 54.4. The average Bonchev–Trinajstić information content (AvgIpc) is 3.70. The smallest absolute Gasteiger partial charge is 0.171 e. The maximum Gasteiger partial charge on any atom is 0.171 e. The number of methoxy groups -OCH3 is 1. The van der Waals surface area contributed by atoms with E-state index in [-0.39, 0.29) is 47.5 Å². The molecule has 11 fully saturated rings. The van der Waals surface area contributed by atoms with Gasteiger partial charge in [0.2, 0.25) is 0 Å². The summed E-state index contributed by atoms with van der Waals surface area (Å²) in [7, 11) is 1.77. The molecule has 1 N–H and O–H groups in total. The molecule has 68 heavy (non-hydrogen) atoms. The van der Waals surface area contributed by atoms with Gasteiger partial charge in [-0.15, -0.1) is 0 Å². The van der Waals surface area contributed by atoms with Crippen LogP contribution in [-0.4, -0.2) is 49.2 Å². The zero-order valence-corrected chi connectivity index (χ0v) is 43.4. The number of aliphatic hydroxyl groups is 1. The first kappa shape index (κ1) is 57.1. The maximum atomic E-state index is 11.7. The Morgan fingerprint density at radius 1 is 0.529 bits per heavy atom. The van der Waals surface area contributed by atoms with Gasteiger partial charge in [-0.25, -0.2) is 0 Å². The number of hydrogen-bond acceptors (Lipinski definition) is 5. The molecule has 0 aromatic carbocycles. The molecule has 10 unspecified atom stereocenters. The van der Waals surface area contributed by atoms with Crippen LogP contribution in [0.2, 0.25) is 0 Å². The Morgan fingerprint density at radius 3 is 1.47 bits per heavy atom. The lowest BCUT2D eigenvalue weighted by molar-refractivity contribution is -0.269. The van der Waals surface area contributed by atoms with E-state index in [1.54, 1.807) is 7.11 Å². The Hall–Kier alpha value is -0.200. The summed E-state index contributed by atoms with van der Waals surface area (Å²) < 4.78 is 25.4. The summed E-state index contributed by atoms with van der Waals surface area (Å²) in [5, 5.41) is 11.7. The third-order valence-electron chi connectivity index (χ3n) is 24.8. The highest BCUT2D eigenvalue weighted by Gasteiger charge is 2.68. The van der Waals surface area contributed by atoms with Crippen LogP contribution in [0, 0.1) is 116 Å². The molecule has 0 radical (unpaired) electrons. The van der Waals surface area contributed by atoms with E-state index in [1.807, 2.05) is 0 Å². The molecule has 3 heterocycles. The minimum absolute atomic E-state index is 0. The lowest BCUT2D eigenvalue weighted by Crippen LogP contribution is -2.58. The molecule has 11 rings (SSSR count). The first-order valence-electron chi connectivity index (χ1n) is 28.6. The summed E-state index contributed by atoms with van der Waals surface area (Å²) >= 11 is 0. The topological polar surface area (TPSA) is 57.2 Å². The predicted octanol–water partition coefficient (Wildman–Crippen LogP) is 17.1. The van der Waals surface area contributed by atoms with E-state index in [2.05, 4.69) is 69.2 Å². The highest BCUT2D eigenvalue weighted by atomic mass is 16.7. The minimum atomic E-state index is -0.949. The van der Waals surface area contributed by atoms with Crippen LogP contribution < -0.4 is 0 Å². The van der Waals surface area contributed by atoms with Crippen LogP contribution in [0.15, 0.2) is 0 Å². The summed E-state index contributed by atoms with van der Waals surface area (Å²) in [5.74, 6) is 11.4. The van der Waals surface area contributed by atoms with Crippen molar-refractivity contribution >= 4 is 0 Å². The van der Waals surface area contributed by atoms with Gasteiger partial charge in [0.05, 0.1) is 18.8 Å². The molecular formula is C63H116O5. The fourth-order valence-electron chi connectivity index (χ4n) is 21.2. The SMILES string of the molecule is C.C.C.C.COC[C@@H](C)CC[C@@]1(O)OC2CCC3C4CC[C@@H]5C[C@@H](C)CC[C@]5(C)C4CC[C@]3(C)C2[C@@H]1C.C[C@H]1CC[C@@]2(OC1)OC1CCC3C4CC[C@@H]5C[C@@H](C)CC[C@]5(C)C4CC[C@]3(C)C1[C@@H]2C. The molecule has 1 spiro atoms. The van der Waals surface area contributed by atoms with E-state index in [0.717, 1.165) is 98.1 Å². The van der Waals surface area contributed by atoms with Gasteiger partial charge in [-0.1, -0.05) is 112 Å². The van der Waals surface area contributed by atoms with Gasteiger partial charge in [-0.2, -0.15) is 0 Å². The number of fused-ring (bicyclic) bond motifs is 14. The van der Waals surface area contributed by atoms with Crippen LogP contribution >= 0.6 is 0 Å². The quantitative estimate of drug-likeness (QED) is 0.278. The van der Waals surface area contributed by atoms with Crippen molar-refractivity contribution in [3.63, 3.8) is 0 Å². The average molecular weight is 954 g/mol. The first-order chi connectivity index (χ1) is 30.4. The van der Waals surface area contributed by atoms with Crippen LogP contribution in [0.5, 0.6) is 0 Å². The van der Waals surface area contributed by atoms with Crippen molar-refractivity contribution in [1.29, 1.82) is 0 Å². The Morgan fingerprint density at radius 2 is 0.985 bits per heavy atom. The van der Waals surface area contributed by atoms with E-state index in [9.17, 15) is 5.11 Å². The van der Waals surface area contributed by atoms with Gasteiger partial charge in [0.25, 0.3) is 0 Å². The van der Waals surface area contributed by atoms with Crippen LogP contribution in [0.25, 0.3) is 0 Å². The van der Waals surface area contributed by atoms with Crippen LogP contribution in [-0.2, 0) is 18.9 Å². The molecule has 3 aliphatic heterocycles. The molecule has 0 aromatic rings. The summed E-state index contributed by atoms with van der Waals surface area (Å²) in [4.78, 5) is 0. The van der Waals surface area contributed by atoms with Gasteiger partial charge < -0.3 is 24.1 Å². The molecule has 8 aliphatic carbocycles. The second-order valence-corrected chi connectivity index (χ2v) is 28.0. The molecule has 3 saturated heterocycles. The zero-order valence-electron chi connectivity index (χ0n) is 43.4. The lowest BCUT2D eigenvalue weighted by atomic mass is 9.40. The molecule has 24 atom stereocenters. The fourth-order valence-corrected chi connectivity index (χ4v) is 21.2. The van der Waals surface area contributed by atoms with E-state index >= 15 is 0 Å². The molecule has 8 saturated carbocycles. The summed E-state index contributed by atoms with van der Waals surface area (Å²) in [6.07, 6.45) is 30.5. The highest BCUT2D eigenvalue weighted by Crippen LogP contribution is 2.72. The van der Waals surface area contributed by atoms with E-state index in [0.29, 0.717) is 57.4 Å². The molecular weight excluding hydrogens is 837 g/mol. The number of hydrogen-bond donors (Lipinski definition) is 1. The van der Waals surface area contributed by atoms with Crippen molar-refractivity contribution in [2.45, 2.75) is 264 Å². The lowest BCUT2D eigenvalue weighted by Gasteiger charge is -2.64. The molecule has 11 aliphatic rings. The van der Waals surface area contributed by atoms with Crippen LogP contribution in [0.4, 0.5) is 0 Å². The van der Waals surface area contributed by atoms with E-state index in [4.69, 9.17) is 18.9 Å². The summed E-state index contributed by atoms with van der Waals surface area (Å²) in [6.45, 7) is 26.8. The second-order valence-electron chi connectivity index (χ2n) is 28.0. The largest absolute Gasteiger partial charge is 0.384 e. The van der Waals surface area contributed by atoms with Crippen molar-refractivity contribution in [2.24, 2.45) is 116 Å². The zero-order chi connectivity index (χ0) is 45.2. The third-order valence-corrected chi connectivity index (χ3v) is 24.8. The van der Waals surface area contributed by atoms with Crippen molar-refractivity contribution < 1.29 is 24.1 Å². The Kier molecular flexibility index (Phi) is 17.5. The van der Waals surface area contributed by atoms with Crippen LogP contribution in [0.1, 0.15) is 240 Å². The second kappa shape index (κ2) is 20.8. The molecule has 5 heteroatoms. The van der Waals surface area contributed by atoms with Gasteiger partial charge in [-0.05, 0) is 220 Å². The van der Waals surface area contributed by atoms with Crippen molar-refractivity contribution in [3.8, 4) is 0 Å². The number of ether oxygens (including phenoxy) is 4. The number of rotatable bonds is 5. The highest BCUT2D eigenvalue weighted by molar-refractivity contribution is 5.15. The van der Waals surface area contributed by atoms with E-state index < -0.39 is 5.79 Å². The van der Waals surface area contributed by atoms with Crippen molar-refractivity contribution in [1.82, 2.24) is 0 Å². The van der Waals surface area contributed by atoms with Gasteiger partial charge in [0, 0.05) is 38.4 Å². The third kappa shape index (κ3) is 9.04. The van der Waals surface area contributed by atoms with Crippen LogP contribution in [0.3, 0.4) is 0 Å².